The Morgan fingerprint density at radius 2 is 1.77 bits per heavy atom. The van der Waals surface area contributed by atoms with E-state index >= 15 is 0 Å². The van der Waals surface area contributed by atoms with Gasteiger partial charge >= 0.3 is 0 Å². The molecular weight excluding hydrogens is 388 g/mol. The average Bonchev–Trinajstić information content (AvgIpc) is 3.61. The van der Waals surface area contributed by atoms with Gasteiger partial charge in [0.1, 0.15) is 11.6 Å². The molecule has 1 aromatic rings. The Kier molecular flexibility index (Phi) is 5.98. The summed E-state index contributed by atoms with van der Waals surface area (Å²) in [6, 6.07) is 0. The van der Waals surface area contributed by atoms with Crippen molar-refractivity contribution in [1.29, 1.82) is 0 Å². The minimum atomic E-state index is 0.174. The molecule has 0 bridgehead atoms. The van der Waals surface area contributed by atoms with Crippen molar-refractivity contribution in [1.82, 2.24) is 14.9 Å². The van der Waals surface area contributed by atoms with E-state index in [1.165, 1.54) is 44.9 Å². The van der Waals surface area contributed by atoms with Gasteiger partial charge < -0.3 is 4.90 Å². The Labute approximate surface area is 185 Å². The van der Waals surface area contributed by atoms with Crippen molar-refractivity contribution in [2.45, 2.75) is 89.9 Å². The summed E-state index contributed by atoms with van der Waals surface area (Å²) in [4.78, 5) is 39.5. The number of piperidine rings is 1. The van der Waals surface area contributed by atoms with Crippen molar-refractivity contribution in [2.75, 3.05) is 24.5 Å². The summed E-state index contributed by atoms with van der Waals surface area (Å²) in [5.74, 6) is 3.60. The monoisotopic (exact) mass is 424 g/mol. The third kappa shape index (κ3) is 4.63. The highest BCUT2D eigenvalue weighted by Gasteiger charge is 2.35. The molecule has 4 aliphatic rings. The molecule has 2 amide bonds. The van der Waals surface area contributed by atoms with Crippen LogP contribution in [0.25, 0.3) is 0 Å². The second-order valence-corrected chi connectivity index (χ2v) is 10.3. The lowest BCUT2D eigenvalue weighted by Crippen LogP contribution is -2.41. The average molecular weight is 425 g/mol. The van der Waals surface area contributed by atoms with Crippen LogP contribution in [0.15, 0.2) is 0 Å². The molecule has 2 saturated carbocycles. The summed E-state index contributed by atoms with van der Waals surface area (Å²) >= 11 is 0. The fourth-order valence-corrected chi connectivity index (χ4v) is 5.71. The second kappa shape index (κ2) is 8.87. The van der Waals surface area contributed by atoms with Gasteiger partial charge in [0.05, 0.1) is 0 Å². The molecular formula is C25H36N4O2. The van der Waals surface area contributed by atoms with Crippen molar-refractivity contribution < 1.29 is 9.59 Å². The van der Waals surface area contributed by atoms with Crippen molar-refractivity contribution in [3.8, 4) is 0 Å². The number of fused-ring (bicyclic) bond motifs is 1. The summed E-state index contributed by atoms with van der Waals surface area (Å²) < 4.78 is 0. The summed E-state index contributed by atoms with van der Waals surface area (Å²) in [5.41, 5.74) is 2.16. The maximum atomic E-state index is 13.0. The maximum Gasteiger partial charge on any atom is 0.228 e. The first-order chi connectivity index (χ1) is 15.1. The van der Waals surface area contributed by atoms with Gasteiger partial charge in [0, 0.05) is 49.7 Å². The van der Waals surface area contributed by atoms with Crippen LogP contribution in [0.2, 0.25) is 0 Å². The molecule has 2 aliphatic heterocycles. The number of anilines is 1. The highest BCUT2D eigenvalue weighted by atomic mass is 16.2. The van der Waals surface area contributed by atoms with E-state index in [1.807, 2.05) is 4.90 Å². The van der Waals surface area contributed by atoms with Gasteiger partial charge in [0.25, 0.3) is 0 Å². The zero-order valence-electron chi connectivity index (χ0n) is 18.9. The lowest BCUT2D eigenvalue weighted by molar-refractivity contribution is -0.133. The van der Waals surface area contributed by atoms with Crippen LogP contribution >= 0.6 is 0 Å². The number of nitrogens with zero attached hydrogens (tertiary/aromatic N) is 4. The molecule has 0 spiro atoms. The molecule has 6 nitrogen and oxygen atoms in total. The van der Waals surface area contributed by atoms with Gasteiger partial charge in [-0.05, 0) is 63.7 Å². The Hall–Kier alpha value is -1.98. The van der Waals surface area contributed by atoms with E-state index in [9.17, 15) is 9.59 Å². The maximum absolute atomic E-state index is 13.0. The van der Waals surface area contributed by atoms with Crippen LogP contribution in [0, 0.1) is 18.8 Å². The number of hydrogen-bond acceptors (Lipinski definition) is 4. The SMILES string of the molecule is Cc1nc([C@H]2CCCN(C(=O)CC3CCCCC3)C2)nc2c1CCC(=O)N2CC1CC1. The third-order valence-corrected chi connectivity index (χ3v) is 7.82. The molecule has 168 valence electrons. The highest BCUT2D eigenvalue weighted by Crippen LogP contribution is 2.36. The first-order valence-corrected chi connectivity index (χ1v) is 12.5. The van der Waals surface area contributed by atoms with Crippen LogP contribution in [0.4, 0.5) is 5.82 Å². The number of hydrogen-bond donors (Lipinski definition) is 0. The van der Waals surface area contributed by atoms with Crippen LogP contribution < -0.4 is 4.90 Å². The Balaban J connectivity index is 1.32. The van der Waals surface area contributed by atoms with Gasteiger partial charge in [-0.3, -0.25) is 14.5 Å². The molecule has 3 fully saturated rings. The van der Waals surface area contributed by atoms with Crippen LogP contribution in [0.3, 0.4) is 0 Å². The van der Waals surface area contributed by atoms with E-state index in [1.54, 1.807) is 0 Å². The zero-order chi connectivity index (χ0) is 21.4. The summed E-state index contributed by atoms with van der Waals surface area (Å²) in [5, 5.41) is 0. The molecule has 31 heavy (non-hydrogen) atoms. The smallest absolute Gasteiger partial charge is 0.228 e. The molecule has 5 rings (SSSR count). The van der Waals surface area contributed by atoms with Gasteiger partial charge in [0.2, 0.25) is 11.8 Å². The number of carbonyl (C=O) groups is 2. The molecule has 1 saturated heterocycles. The van der Waals surface area contributed by atoms with Gasteiger partial charge in [-0.2, -0.15) is 0 Å². The quantitative estimate of drug-likeness (QED) is 0.712. The molecule has 1 atom stereocenters. The highest BCUT2D eigenvalue weighted by molar-refractivity contribution is 5.95. The summed E-state index contributed by atoms with van der Waals surface area (Å²) in [6.45, 7) is 4.45. The lowest BCUT2D eigenvalue weighted by atomic mass is 9.86. The lowest BCUT2D eigenvalue weighted by Gasteiger charge is -2.35. The Morgan fingerprint density at radius 1 is 0.968 bits per heavy atom. The molecule has 6 heteroatoms. The normalized spacial score (nSPS) is 24.9. The van der Waals surface area contributed by atoms with Gasteiger partial charge in [-0.1, -0.05) is 19.3 Å². The summed E-state index contributed by atoms with van der Waals surface area (Å²) in [7, 11) is 0. The minimum Gasteiger partial charge on any atom is -0.342 e. The molecule has 0 aromatic carbocycles. The first-order valence-electron chi connectivity index (χ1n) is 12.5. The Bertz CT molecular complexity index is 844. The van der Waals surface area contributed by atoms with Crippen LogP contribution in [0.1, 0.15) is 93.6 Å². The van der Waals surface area contributed by atoms with Crippen molar-refractivity contribution in [2.24, 2.45) is 11.8 Å². The predicted octanol–water partition coefficient (Wildman–Crippen LogP) is 4.15. The molecule has 0 unspecified atom stereocenters. The van der Waals surface area contributed by atoms with Gasteiger partial charge in [0.15, 0.2) is 0 Å². The van der Waals surface area contributed by atoms with E-state index in [0.717, 1.165) is 61.8 Å². The van der Waals surface area contributed by atoms with E-state index in [4.69, 9.17) is 9.97 Å². The number of likely N-dealkylation sites (tertiary alicyclic amines) is 1. The number of carbonyl (C=O) groups excluding carboxylic acids is 2. The Morgan fingerprint density at radius 3 is 2.55 bits per heavy atom. The molecule has 1 aromatic heterocycles. The van der Waals surface area contributed by atoms with Crippen LogP contribution in [-0.2, 0) is 16.0 Å². The van der Waals surface area contributed by atoms with Crippen molar-refractivity contribution in [3.05, 3.63) is 17.1 Å². The van der Waals surface area contributed by atoms with E-state index in [2.05, 4.69) is 11.8 Å². The number of amides is 2. The first kappa shape index (κ1) is 20.9. The molecule has 2 aliphatic carbocycles. The number of aromatic nitrogens is 2. The standard InChI is InChI=1S/C25H36N4O2/c1-17-21-11-12-22(30)29(15-19-9-10-19)25(21)27-24(26-17)20-8-5-13-28(16-20)23(31)14-18-6-3-2-4-7-18/h18-20H,2-16H2,1H3/t20-/m0/s1. The van der Waals surface area contributed by atoms with E-state index < -0.39 is 0 Å². The topological polar surface area (TPSA) is 66.4 Å². The fraction of sp³-hybridized carbons (Fsp3) is 0.760. The van der Waals surface area contributed by atoms with Crippen molar-refractivity contribution >= 4 is 17.6 Å². The molecule has 0 N–H and O–H groups in total. The third-order valence-electron chi connectivity index (χ3n) is 7.82. The molecule has 0 radical (unpaired) electrons. The zero-order valence-corrected chi connectivity index (χ0v) is 18.9. The van der Waals surface area contributed by atoms with E-state index in [0.29, 0.717) is 30.6 Å². The van der Waals surface area contributed by atoms with Crippen LogP contribution in [0.5, 0.6) is 0 Å². The number of rotatable bonds is 5. The number of aryl methyl sites for hydroxylation is 1. The minimum absolute atomic E-state index is 0.174. The second-order valence-electron chi connectivity index (χ2n) is 10.3. The van der Waals surface area contributed by atoms with Gasteiger partial charge in [-0.25, -0.2) is 9.97 Å². The largest absolute Gasteiger partial charge is 0.342 e. The van der Waals surface area contributed by atoms with Gasteiger partial charge in [-0.15, -0.1) is 0 Å². The van der Waals surface area contributed by atoms with E-state index in [-0.39, 0.29) is 11.8 Å². The van der Waals surface area contributed by atoms with Crippen LogP contribution in [-0.4, -0.2) is 46.3 Å². The fourth-order valence-electron chi connectivity index (χ4n) is 5.71. The molecule has 3 heterocycles. The van der Waals surface area contributed by atoms with Crippen molar-refractivity contribution in [3.63, 3.8) is 0 Å². The summed E-state index contributed by atoms with van der Waals surface area (Å²) in [6.07, 6.45) is 12.8. The predicted molar refractivity (Wildman–Crippen MR) is 120 cm³/mol.